The van der Waals surface area contributed by atoms with Gasteiger partial charge in [0.15, 0.2) is 9.84 Å². The summed E-state index contributed by atoms with van der Waals surface area (Å²) in [6.07, 6.45) is 1.45. The van der Waals surface area contributed by atoms with Gasteiger partial charge in [0.05, 0.1) is 17.4 Å². The average Bonchev–Trinajstić information content (AvgIpc) is 2.85. The van der Waals surface area contributed by atoms with Crippen molar-refractivity contribution in [3.8, 4) is 0 Å². The van der Waals surface area contributed by atoms with Crippen molar-refractivity contribution in [1.82, 2.24) is 10.6 Å². The Morgan fingerprint density at radius 3 is 2.90 bits per heavy atom. The third-order valence-electron chi connectivity index (χ3n) is 4.30. The zero-order chi connectivity index (χ0) is 14.9. The van der Waals surface area contributed by atoms with Crippen molar-refractivity contribution in [1.29, 1.82) is 0 Å². The molecule has 0 bridgehead atoms. The molecule has 1 aromatic carbocycles. The lowest BCUT2D eigenvalue weighted by Crippen LogP contribution is -2.41. The highest BCUT2D eigenvalue weighted by atomic mass is 32.2. The molecule has 0 radical (unpaired) electrons. The molecule has 0 unspecified atom stereocenters. The van der Waals surface area contributed by atoms with Crippen LogP contribution in [0.2, 0.25) is 0 Å². The standard InChI is InChI=1S/C15H20N2O3S/c18-15(12-6-8-21(19,20)10-12)17-9-14-13-4-2-1-3-11(13)5-7-16-14/h1-4,12,14,16H,5-10H2,(H,17,18)/t12-,14+/m0/s1. The van der Waals surface area contributed by atoms with E-state index in [2.05, 4.69) is 22.8 Å². The molecule has 2 N–H and O–H groups in total. The first-order valence-electron chi connectivity index (χ1n) is 7.34. The van der Waals surface area contributed by atoms with Crippen molar-refractivity contribution in [3.63, 3.8) is 0 Å². The van der Waals surface area contributed by atoms with Crippen LogP contribution in [0.5, 0.6) is 0 Å². The predicted molar refractivity (Wildman–Crippen MR) is 80.7 cm³/mol. The van der Waals surface area contributed by atoms with E-state index in [9.17, 15) is 13.2 Å². The number of nitrogens with one attached hydrogen (secondary N) is 2. The van der Waals surface area contributed by atoms with Gasteiger partial charge in [0.2, 0.25) is 5.91 Å². The Morgan fingerprint density at radius 1 is 1.33 bits per heavy atom. The van der Waals surface area contributed by atoms with E-state index in [1.54, 1.807) is 0 Å². The summed E-state index contributed by atoms with van der Waals surface area (Å²) in [5.41, 5.74) is 2.54. The molecule has 5 nitrogen and oxygen atoms in total. The van der Waals surface area contributed by atoms with Gasteiger partial charge in [-0.05, 0) is 30.5 Å². The van der Waals surface area contributed by atoms with Crippen molar-refractivity contribution in [2.75, 3.05) is 24.6 Å². The Bertz CT molecular complexity index is 642. The van der Waals surface area contributed by atoms with E-state index in [1.165, 1.54) is 11.1 Å². The second-order valence-electron chi connectivity index (χ2n) is 5.80. The van der Waals surface area contributed by atoms with Gasteiger partial charge in [-0.3, -0.25) is 4.79 Å². The van der Waals surface area contributed by atoms with Crippen LogP contribution in [0.1, 0.15) is 23.6 Å². The largest absolute Gasteiger partial charge is 0.354 e. The van der Waals surface area contributed by atoms with Crippen LogP contribution >= 0.6 is 0 Å². The van der Waals surface area contributed by atoms with E-state index in [-0.39, 0.29) is 29.4 Å². The third-order valence-corrected chi connectivity index (χ3v) is 6.07. The van der Waals surface area contributed by atoms with Crippen LogP contribution in [0.15, 0.2) is 24.3 Å². The van der Waals surface area contributed by atoms with Gasteiger partial charge in [0.1, 0.15) is 0 Å². The molecule has 1 fully saturated rings. The van der Waals surface area contributed by atoms with Gasteiger partial charge in [0, 0.05) is 12.6 Å². The highest BCUT2D eigenvalue weighted by Gasteiger charge is 2.33. The molecule has 1 saturated heterocycles. The number of amides is 1. The van der Waals surface area contributed by atoms with Gasteiger partial charge in [-0.15, -0.1) is 0 Å². The second-order valence-corrected chi connectivity index (χ2v) is 8.03. The van der Waals surface area contributed by atoms with Crippen LogP contribution in [0.25, 0.3) is 0 Å². The number of hydrogen-bond donors (Lipinski definition) is 2. The second kappa shape index (κ2) is 5.77. The zero-order valence-corrected chi connectivity index (χ0v) is 12.7. The Kier molecular flexibility index (Phi) is 3.99. The van der Waals surface area contributed by atoms with Crippen molar-refractivity contribution >= 4 is 15.7 Å². The molecule has 114 valence electrons. The van der Waals surface area contributed by atoms with E-state index in [4.69, 9.17) is 0 Å². The summed E-state index contributed by atoms with van der Waals surface area (Å²) in [5, 5.41) is 6.31. The van der Waals surface area contributed by atoms with Gasteiger partial charge < -0.3 is 10.6 Å². The highest BCUT2D eigenvalue weighted by molar-refractivity contribution is 7.91. The molecule has 2 heterocycles. The molecule has 1 amide bonds. The molecule has 21 heavy (non-hydrogen) atoms. The summed E-state index contributed by atoms with van der Waals surface area (Å²) in [5.74, 6) is -0.391. The van der Waals surface area contributed by atoms with Crippen LogP contribution in [0.4, 0.5) is 0 Å². The SMILES string of the molecule is O=C(NC[C@H]1NCCc2ccccc21)[C@H]1CCS(=O)(=O)C1. The van der Waals surface area contributed by atoms with E-state index in [1.807, 2.05) is 12.1 Å². The Morgan fingerprint density at radius 2 is 2.14 bits per heavy atom. The lowest BCUT2D eigenvalue weighted by molar-refractivity contribution is -0.124. The zero-order valence-electron chi connectivity index (χ0n) is 11.8. The van der Waals surface area contributed by atoms with E-state index in [0.29, 0.717) is 13.0 Å². The number of carbonyl (C=O) groups excluding carboxylic acids is 1. The van der Waals surface area contributed by atoms with E-state index >= 15 is 0 Å². The van der Waals surface area contributed by atoms with Gasteiger partial charge in [0.25, 0.3) is 0 Å². The van der Waals surface area contributed by atoms with Crippen molar-refractivity contribution in [3.05, 3.63) is 35.4 Å². The molecular formula is C15H20N2O3S. The number of sulfone groups is 1. The third kappa shape index (κ3) is 3.27. The lowest BCUT2D eigenvalue weighted by Gasteiger charge is -2.27. The van der Waals surface area contributed by atoms with Gasteiger partial charge in [-0.1, -0.05) is 24.3 Å². The van der Waals surface area contributed by atoms with Crippen molar-refractivity contribution < 1.29 is 13.2 Å². The number of carbonyl (C=O) groups is 1. The number of fused-ring (bicyclic) bond motifs is 1. The fourth-order valence-electron chi connectivity index (χ4n) is 3.12. The summed E-state index contributed by atoms with van der Waals surface area (Å²) in [7, 11) is -3.01. The normalized spacial score (nSPS) is 27.0. The van der Waals surface area contributed by atoms with Crippen molar-refractivity contribution in [2.24, 2.45) is 5.92 Å². The van der Waals surface area contributed by atoms with Gasteiger partial charge in [-0.2, -0.15) is 0 Å². The maximum absolute atomic E-state index is 12.1. The molecule has 6 heteroatoms. The Balaban J connectivity index is 1.60. The first-order chi connectivity index (χ1) is 10.1. The minimum atomic E-state index is -3.01. The minimum absolute atomic E-state index is 0.00643. The average molecular weight is 308 g/mol. The van der Waals surface area contributed by atoms with Crippen LogP contribution in [0, 0.1) is 5.92 Å². The van der Waals surface area contributed by atoms with Gasteiger partial charge in [-0.25, -0.2) is 8.42 Å². The predicted octanol–water partition coefficient (Wildman–Crippen LogP) is 0.424. The van der Waals surface area contributed by atoms with Crippen molar-refractivity contribution in [2.45, 2.75) is 18.9 Å². The number of benzene rings is 1. The fourth-order valence-corrected chi connectivity index (χ4v) is 4.87. The molecular weight excluding hydrogens is 288 g/mol. The lowest BCUT2D eigenvalue weighted by atomic mass is 9.94. The molecule has 0 saturated carbocycles. The first-order valence-corrected chi connectivity index (χ1v) is 9.16. The van der Waals surface area contributed by atoms with Crippen LogP contribution in [-0.2, 0) is 21.1 Å². The first kappa shape index (κ1) is 14.5. The monoisotopic (exact) mass is 308 g/mol. The quantitative estimate of drug-likeness (QED) is 0.849. The molecule has 1 aromatic rings. The molecule has 2 aliphatic heterocycles. The highest BCUT2D eigenvalue weighted by Crippen LogP contribution is 2.23. The Hall–Kier alpha value is -1.40. The number of hydrogen-bond acceptors (Lipinski definition) is 4. The summed E-state index contributed by atoms with van der Waals surface area (Å²) in [6.45, 7) is 1.40. The Labute approximate surface area is 125 Å². The molecule has 0 aliphatic carbocycles. The molecule has 2 atom stereocenters. The topological polar surface area (TPSA) is 75.3 Å². The summed E-state index contributed by atoms with van der Waals surface area (Å²) in [6, 6.07) is 8.34. The maximum atomic E-state index is 12.1. The summed E-state index contributed by atoms with van der Waals surface area (Å²) < 4.78 is 22.8. The van der Waals surface area contributed by atoms with E-state index < -0.39 is 9.84 Å². The smallest absolute Gasteiger partial charge is 0.224 e. The summed E-state index contributed by atoms with van der Waals surface area (Å²) >= 11 is 0. The minimum Gasteiger partial charge on any atom is -0.354 e. The molecule has 0 spiro atoms. The van der Waals surface area contributed by atoms with Crippen LogP contribution in [0.3, 0.4) is 0 Å². The summed E-state index contributed by atoms with van der Waals surface area (Å²) in [4.78, 5) is 12.1. The van der Waals surface area contributed by atoms with Gasteiger partial charge >= 0.3 is 0 Å². The van der Waals surface area contributed by atoms with Crippen LogP contribution < -0.4 is 10.6 Å². The fraction of sp³-hybridized carbons (Fsp3) is 0.533. The molecule has 2 aliphatic rings. The molecule has 3 rings (SSSR count). The van der Waals surface area contributed by atoms with Crippen LogP contribution in [-0.4, -0.2) is 38.9 Å². The number of rotatable bonds is 3. The van der Waals surface area contributed by atoms with E-state index in [0.717, 1.165) is 13.0 Å². The maximum Gasteiger partial charge on any atom is 0.224 e. The molecule has 0 aromatic heterocycles.